The van der Waals surface area contributed by atoms with Crippen molar-refractivity contribution in [3.8, 4) is 0 Å². The molecule has 12 atom stereocenters. The number of nitrogens with one attached hydrogen (secondary N) is 1. The molecule has 1 saturated carbocycles. The SMILES string of the molecule is NCCN(O)C(=O)N[C@@H]1C[C@H](N)C[C@H](O[C@H]2C[C@H](O[C@H]3O[C@@H](CN)[C@@H](O)[C@H](O)[C@H]3N)[C@@H](CO)O2)[C@H]1O. The van der Waals surface area contributed by atoms with E-state index < -0.39 is 86.1 Å². The van der Waals surface area contributed by atoms with Crippen LogP contribution < -0.4 is 28.3 Å². The molecule has 36 heavy (non-hydrogen) atoms. The van der Waals surface area contributed by atoms with Gasteiger partial charge in [-0.05, 0) is 12.8 Å². The van der Waals surface area contributed by atoms with Crippen molar-refractivity contribution in [2.24, 2.45) is 22.9 Å². The summed E-state index contributed by atoms with van der Waals surface area (Å²) >= 11 is 0. The Bertz CT molecular complexity index is 710. The molecule has 2 heterocycles. The Morgan fingerprint density at radius 3 is 2.33 bits per heavy atom. The molecule has 0 radical (unpaired) electrons. The summed E-state index contributed by atoms with van der Waals surface area (Å²) in [5.74, 6) is 0. The zero-order valence-electron chi connectivity index (χ0n) is 19.9. The van der Waals surface area contributed by atoms with Gasteiger partial charge in [-0.2, -0.15) is 0 Å². The Morgan fingerprint density at radius 2 is 1.69 bits per heavy atom. The second-order valence-corrected chi connectivity index (χ2v) is 9.40. The number of nitrogens with two attached hydrogens (primary N) is 4. The standard InChI is InChI=1S/C20H40N6O10/c21-1-2-26(32)20(31)25-9-3-8(23)4-11(16(9)28)33-14-5-10(13(7-27)34-14)35-19-15(24)18(30)17(29)12(6-22)36-19/h8-19,27-30,32H,1-7,21-24H2,(H,25,31)/t8-,9+,10-,11-,12-,13+,14+,15+,16-,17+,18+,19-/m0/s1. The number of urea groups is 1. The van der Waals surface area contributed by atoms with E-state index >= 15 is 0 Å². The number of aliphatic hydroxyl groups excluding tert-OH is 4. The molecule has 0 aromatic carbocycles. The normalized spacial score (nSPS) is 43.4. The minimum Gasteiger partial charge on any atom is -0.394 e. The monoisotopic (exact) mass is 524 g/mol. The van der Waals surface area contributed by atoms with Crippen molar-refractivity contribution in [2.45, 2.75) is 92.7 Å². The largest absolute Gasteiger partial charge is 0.394 e. The molecule has 2 aliphatic heterocycles. The van der Waals surface area contributed by atoms with E-state index in [0.717, 1.165) is 0 Å². The van der Waals surface area contributed by atoms with Crippen LogP contribution in [0.4, 0.5) is 4.79 Å². The summed E-state index contributed by atoms with van der Waals surface area (Å²) in [6.45, 7) is -0.521. The van der Waals surface area contributed by atoms with Gasteiger partial charge in [0.05, 0.1) is 37.4 Å². The van der Waals surface area contributed by atoms with Crippen LogP contribution in [0.3, 0.4) is 0 Å². The van der Waals surface area contributed by atoms with E-state index in [1.54, 1.807) is 0 Å². The van der Waals surface area contributed by atoms with Gasteiger partial charge >= 0.3 is 6.03 Å². The average Bonchev–Trinajstić information content (AvgIpc) is 3.23. The van der Waals surface area contributed by atoms with Gasteiger partial charge in [-0.25, -0.2) is 9.86 Å². The van der Waals surface area contributed by atoms with Crippen molar-refractivity contribution in [1.82, 2.24) is 10.4 Å². The quantitative estimate of drug-likeness (QED) is 0.0997. The summed E-state index contributed by atoms with van der Waals surface area (Å²) in [5, 5.41) is 53.4. The molecule has 16 heteroatoms. The topological polar surface area (TPSA) is 274 Å². The van der Waals surface area contributed by atoms with Crippen LogP contribution in [0.15, 0.2) is 0 Å². The van der Waals surface area contributed by atoms with Crippen molar-refractivity contribution >= 4 is 6.03 Å². The second-order valence-electron chi connectivity index (χ2n) is 9.40. The molecule has 0 aromatic heterocycles. The van der Waals surface area contributed by atoms with Gasteiger partial charge in [0.15, 0.2) is 12.6 Å². The van der Waals surface area contributed by atoms with Gasteiger partial charge < -0.3 is 67.6 Å². The Balaban J connectivity index is 1.59. The number of carbonyl (C=O) groups is 1. The average molecular weight is 525 g/mol. The lowest BCUT2D eigenvalue weighted by atomic mass is 9.86. The maximum Gasteiger partial charge on any atom is 0.341 e. The van der Waals surface area contributed by atoms with Crippen LogP contribution in [0.5, 0.6) is 0 Å². The Kier molecular flexibility index (Phi) is 10.6. The highest BCUT2D eigenvalue weighted by molar-refractivity contribution is 5.73. The van der Waals surface area contributed by atoms with Gasteiger partial charge in [0, 0.05) is 25.6 Å². The predicted octanol–water partition coefficient (Wildman–Crippen LogP) is -5.19. The third kappa shape index (κ3) is 6.79. The van der Waals surface area contributed by atoms with Crippen LogP contribution in [0.25, 0.3) is 0 Å². The summed E-state index contributed by atoms with van der Waals surface area (Å²) in [6.07, 6.45) is -8.42. The lowest BCUT2D eigenvalue weighted by Crippen LogP contribution is -2.63. The number of nitrogens with zero attached hydrogens (tertiary/aromatic N) is 1. The first-order valence-corrected chi connectivity index (χ1v) is 12.0. The molecule has 0 bridgehead atoms. The van der Waals surface area contributed by atoms with Crippen molar-refractivity contribution in [1.29, 1.82) is 0 Å². The third-order valence-corrected chi connectivity index (χ3v) is 6.73. The second kappa shape index (κ2) is 13.0. The zero-order valence-corrected chi connectivity index (χ0v) is 19.9. The van der Waals surface area contributed by atoms with Gasteiger partial charge in [-0.3, -0.25) is 5.21 Å². The summed E-state index contributed by atoms with van der Waals surface area (Å²) in [6, 6.07) is -3.11. The molecule has 0 unspecified atom stereocenters. The number of amides is 2. The fourth-order valence-electron chi connectivity index (χ4n) is 4.70. The first-order valence-electron chi connectivity index (χ1n) is 12.0. The third-order valence-electron chi connectivity index (χ3n) is 6.73. The number of ether oxygens (including phenoxy) is 4. The van der Waals surface area contributed by atoms with Crippen molar-refractivity contribution in [2.75, 3.05) is 26.2 Å². The molecular weight excluding hydrogens is 484 g/mol. The minimum atomic E-state index is -1.33. The van der Waals surface area contributed by atoms with Crippen molar-refractivity contribution in [3.63, 3.8) is 0 Å². The lowest BCUT2D eigenvalue weighted by molar-refractivity contribution is -0.274. The molecule has 0 spiro atoms. The summed E-state index contributed by atoms with van der Waals surface area (Å²) < 4.78 is 23.2. The van der Waals surface area contributed by atoms with Gasteiger partial charge in [0.1, 0.15) is 30.5 Å². The van der Waals surface area contributed by atoms with Gasteiger partial charge in [0.2, 0.25) is 0 Å². The van der Waals surface area contributed by atoms with E-state index in [2.05, 4.69) is 5.32 Å². The Hall–Kier alpha value is -1.25. The highest BCUT2D eigenvalue weighted by Gasteiger charge is 2.47. The predicted molar refractivity (Wildman–Crippen MR) is 121 cm³/mol. The molecule has 0 aromatic rings. The Labute approximate surface area is 208 Å². The Morgan fingerprint density at radius 1 is 0.972 bits per heavy atom. The number of carbonyl (C=O) groups excluding carboxylic acids is 1. The molecule has 3 fully saturated rings. The summed E-state index contributed by atoms with van der Waals surface area (Å²) in [5.41, 5.74) is 23.0. The summed E-state index contributed by atoms with van der Waals surface area (Å²) in [4.78, 5) is 12.1. The lowest BCUT2D eigenvalue weighted by Gasteiger charge is -2.41. The van der Waals surface area contributed by atoms with E-state index in [1.807, 2.05) is 0 Å². The number of hydroxylamine groups is 2. The van der Waals surface area contributed by atoms with E-state index in [-0.39, 0.29) is 38.9 Å². The number of aliphatic hydroxyl groups is 4. The van der Waals surface area contributed by atoms with Crippen LogP contribution in [0.2, 0.25) is 0 Å². The summed E-state index contributed by atoms with van der Waals surface area (Å²) in [7, 11) is 0. The first kappa shape index (κ1) is 29.3. The molecule has 3 aliphatic rings. The number of rotatable bonds is 9. The van der Waals surface area contributed by atoms with Gasteiger partial charge in [0.25, 0.3) is 0 Å². The van der Waals surface area contributed by atoms with E-state index in [4.69, 9.17) is 41.9 Å². The van der Waals surface area contributed by atoms with Crippen molar-refractivity contribution in [3.05, 3.63) is 0 Å². The van der Waals surface area contributed by atoms with E-state index in [9.17, 15) is 30.4 Å². The zero-order chi connectivity index (χ0) is 26.6. The van der Waals surface area contributed by atoms with Crippen LogP contribution in [-0.2, 0) is 18.9 Å². The maximum atomic E-state index is 12.1. The van der Waals surface area contributed by atoms with Crippen LogP contribution in [0, 0.1) is 0 Å². The first-order chi connectivity index (χ1) is 17.1. The molecule has 1 aliphatic carbocycles. The number of hydrogen-bond donors (Lipinski definition) is 10. The molecule has 14 N–H and O–H groups in total. The van der Waals surface area contributed by atoms with Gasteiger partial charge in [-0.15, -0.1) is 0 Å². The molecule has 210 valence electrons. The molecule has 16 nitrogen and oxygen atoms in total. The fraction of sp³-hybridized carbons (Fsp3) is 0.950. The smallest absolute Gasteiger partial charge is 0.341 e. The van der Waals surface area contributed by atoms with Gasteiger partial charge in [-0.1, -0.05) is 0 Å². The van der Waals surface area contributed by atoms with E-state index in [1.165, 1.54) is 0 Å². The maximum absolute atomic E-state index is 12.1. The molecule has 2 amide bonds. The van der Waals surface area contributed by atoms with Crippen LogP contribution >= 0.6 is 0 Å². The molecule has 2 saturated heterocycles. The molecular formula is C20H40N6O10. The fourth-order valence-corrected chi connectivity index (χ4v) is 4.70. The highest BCUT2D eigenvalue weighted by atomic mass is 16.7. The van der Waals surface area contributed by atoms with Crippen LogP contribution in [0.1, 0.15) is 19.3 Å². The number of hydrogen-bond acceptors (Lipinski definition) is 14. The van der Waals surface area contributed by atoms with Crippen LogP contribution in [-0.4, -0.2) is 136 Å². The molecule has 3 rings (SSSR count). The minimum absolute atomic E-state index is 0.0554. The van der Waals surface area contributed by atoms with E-state index in [0.29, 0.717) is 5.06 Å². The van der Waals surface area contributed by atoms with Crippen molar-refractivity contribution < 1.29 is 49.4 Å². The highest BCUT2D eigenvalue weighted by Crippen LogP contribution is 2.31.